The Bertz CT molecular complexity index is 1300. The number of thioether (sulfide) groups is 1. The Morgan fingerprint density at radius 2 is 1.76 bits per heavy atom. The molecule has 5 rings (SSSR count). The quantitative estimate of drug-likeness (QED) is 0.300. The second kappa shape index (κ2) is 9.18. The predicted molar refractivity (Wildman–Crippen MR) is 134 cm³/mol. The molecule has 1 amide bonds. The second-order valence-electron chi connectivity index (χ2n) is 8.13. The normalized spacial score (nSPS) is 17.4. The number of piperazine rings is 1. The van der Waals surface area contributed by atoms with Gasteiger partial charge in [-0.15, -0.1) is 0 Å². The molecule has 0 saturated carbocycles. The van der Waals surface area contributed by atoms with Crippen molar-refractivity contribution in [3.05, 3.63) is 87.0 Å². The zero-order valence-electron chi connectivity index (χ0n) is 18.5. The number of non-ortho nitro benzene ring substituents is 1. The highest BCUT2D eigenvalue weighted by atomic mass is 32.2. The molecule has 0 bridgehead atoms. The first-order valence-electron chi connectivity index (χ1n) is 10.9. The van der Waals surface area contributed by atoms with E-state index in [4.69, 9.17) is 4.42 Å². The van der Waals surface area contributed by atoms with E-state index >= 15 is 0 Å². The van der Waals surface area contributed by atoms with Gasteiger partial charge in [-0.05, 0) is 60.6 Å². The van der Waals surface area contributed by atoms with E-state index in [1.807, 2.05) is 0 Å². The number of anilines is 1. The van der Waals surface area contributed by atoms with E-state index in [-0.39, 0.29) is 11.6 Å². The van der Waals surface area contributed by atoms with Gasteiger partial charge in [0, 0.05) is 55.6 Å². The summed E-state index contributed by atoms with van der Waals surface area (Å²) in [5.74, 6) is 0.838. The molecule has 0 N–H and O–H groups in total. The Balaban J connectivity index is 1.22. The highest BCUT2D eigenvalue weighted by molar-refractivity contribution is 8.18. The summed E-state index contributed by atoms with van der Waals surface area (Å²) in [5, 5.41) is 11.6. The summed E-state index contributed by atoms with van der Waals surface area (Å²) >= 11 is 1.36. The molecule has 8 nitrogen and oxygen atoms in total. The van der Waals surface area contributed by atoms with Gasteiger partial charge in [0.05, 0.1) is 9.83 Å². The Hall–Kier alpha value is -3.85. The fourth-order valence-corrected chi connectivity index (χ4v) is 4.92. The van der Waals surface area contributed by atoms with Crippen molar-refractivity contribution in [3.63, 3.8) is 0 Å². The van der Waals surface area contributed by atoms with Crippen LogP contribution in [0.15, 0.2) is 75.0 Å². The molecule has 0 atom stereocenters. The number of hydrogen-bond donors (Lipinski definition) is 0. The number of aryl methyl sites for hydroxylation is 1. The molecule has 3 heterocycles. The van der Waals surface area contributed by atoms with Gasteiger partial charge in [-0.1, -0.05) is 12.1 Å². The summed E-state index contributed by atoms with van der Waals surface area (Å²) in [6.45, 7) is 5.42. The molecule has 0 unspecified atom stereocenters. The van der Waals surface area contributed by atoms with Crippen LogP contribution >= 0.6 is 11.8 Å². The molecule has 1 saturated heterocycles. The van der Waals surface area contributed by atoms with Crippen LogP contribution in [0.25, 0.3) is 17.4 Å². The van der Waals surface area contributed by atoms with Gasteiger partial charge in [0.2, 0.25) is 0 Å². The van der Waals surface area contributed by atoms with Crippen molar-refractivity contribution >= 4 is 40.3 Å². The number of hydrogen-bond acceptors (Lipinski definition) is 7. The van der Waals surface area contributed by atoms with Crippen molar-refractivity contribution in [1.29, 1.82) is 0 Å². The molecule has 2 aromatic carbocycles. The monoisotopic (exact) mass is 474 g/mol. The van der Waals surface area contributed by atoms with Crippen LogP contribution in [-0.4, -0.2) is 47.1 Å². The predicted octanol–water partition coefficient (Wildman–Crippen LogP) is 4.96. The van der Waals surface area contributed by atoms with E-state index in [2.05, 4.69) is 46.0 Å². The van der Waals surface area contributed by atoms with Crippen molar-refractivity contribution in [1.82, 2.24) is 4.90 Å². The van der Waals surface area contributed by atoms with Crippen molar-refractivity contribution in [3.8, 4) is 11.3 Å². The van der Waals surface area contributed by atoms with E-state index in [1.54, 1.807) is 30.3 Å². The van der Waals surface area contributed by atoms with Crippen LogP contribution in [0.4, 0.5) is 11.4 Å². The topological polar surface area (TPSA) is 92.2 Å². The zero-order valence-corrected chi connectivity index (χ0v) is 19.3. The number of amides is 1. The molecule has 0 aliphatic carbocycles. The number of rotatable bonds is 4. The minimum Gasteiger partial charge on any atom is -0.457 e. The van der Waals surface area contributed by atoms with Crippen LogP contribution in [-0.2, 0) is 4.79 Å². The number of nitrogens with zero attached hydrogens (tertiary/aromatic N) is 4. The number of amidine groups is 1. The molecule has 0 radical (unpaired) electrons. The smallest absolute Gasteiger partial charge is 0.286 e. The second-order valence-corrected chi connectivity index (χ2v) is 9.14. The number of aliphatic imine (C=N–C) groups is 1. The maximum atomic E-state index is 12.5. The molecule has 2 aliphatic rings. The molecule has 9 heteroatoms. The third-order valence-electron chi connectivity index (χ3n) is 5.79. The third kappa shape index (κ3) is 4.60. The van der Waals surface area contributed by atoms with Crippen molar-refractivity contribution in [2.24, 2.45) is 4.99 Å². The lowest BCUT2D eigenvalue weighted by Gasteiger charge is -2.36. The Kier molecular flexibility index (Phi) is 5.93. The summed E-state index contributed by atoms with van der Waals surface area (Å²) in [4.78, 5) is 32.2. The fraction of sp³-hybridized carbons (Fsp3) is 0.200. The maximum Gasteiger partial charge on any atom is 0.286 e. The number of benzene rings is 2. The number of nitro benzene ring substituents is 1. The van der Waals surface area contributed by atoms with Crippen LogP contribution in [0.5, 0.6) is 0 Å². The number of carbonyl (C=O) groups excluding carboxylic acids is 1. The molecular weight excluding hydrogens is 452 g/mol. The minimum atomic E-state index is -0.440. The first-order valence-corrected chi connectivity index (χ1v) is 11.7. The molecule has 0 spiro atoms. The largest absolute Gasteiger partial charge is 0.457 e. The molecule has 1 aromatic heterocycles. The molecule has 2 aliphatic heterocycles. The SMILES string of the molecule is Cc1cccc(N2CCN(C3=NC(=O)/C(=C/c4ccc(-c5ccc([N+](=O)[O-])cc5)o4)S3)CC2)c1. The van der Waals surface area contributed by atoms with Crippen LogP contribution in [0.3, 0.4) is 0 Å². The van der Waals surface area contributed by atoms with Gasteiger partial charge in [-0.3, -0.25) is 14.9 Å². The van der Waals surface area contributed by atoms with Crippen molar-refractivity contribution in [2.45, 2.75) is 6.92 Å². The lowest BCUT2D eigenvalue weighted by atomic mass is 10.1. The lowest BCUT2D eigenvalue weighted by Crippen LogP contribution is -2.47. The van der Waals surface area contributed by atoms with Crippen LogP contribution in [0, 0.1) is 17.0 Å². The van der Waals surface area contributed by atoms with Gasteiger partial charge in [-0.25, -0.2) is 0 Å². The van der Waals surface area contributed by atoms with Gasteiger partial charge in [0.15, 0.2) is 5.17 Å². The Morgan fingerprint density at radius 3 is 2.47 bits per heavy atom. The first kappa shape index (κ1) is 22.0. The summed E-state index contributed by atoms with van der Waals surface area (Å²) in [6, 6.07) is 18.2. The van der Waals surface area contributed by atoms with E-state index in [0.29, 0.717) is 16.4 Å². The Morgan fingerprint density at radius 1 is 1.03 bits per heavy atom. The summed E-state index contributed by atoms with van der Waals surface area (Å²) < 4.78 is 5.85. The number of nitro groups is 1. The van der Waals surface area contributed by atoms with Gasteiger partial charge in [0.1, 0.15) is 11.5 Å². The van der Waals surface area contributed by atoms with E-state index < -0.39 is 4.92 Å². The molecule has 34 heavy (non-hydrogen) atoms. The zero-order chi connectivity index (χ0) is 23.7. The molecule has 172 valence electrons. The highest BCUT2D eigenvalue weighted by Crippen LogP contribution is 2.32. The van der Waals surface area contributed by atoms with Gasteiger partial charge in [-0.2, -0.15) is 4.99 Å². The van der Waals surface area contributed by atoms with E-state index in [9.17, 15) is 14.9 Å². The van der Waals surface area contributed by atoms with Gasteiger partial charge >= 0.3 is 0 Å². The van der Waals surface area contributed by atoms with Crippen molar-refractivity contribution in [2.75, 3.05) is 31.1 Å². The number of furan rings is 1. The Labute approximate surface area is 200 Å². The average Bonchev–Trinajstić information content (AvgIpc) is 3.46. The highest BCUT2D eigenvalue weighted by Gasteiger charge is 2.29. The van der Waals surface area contributed by atoms with Crippen LogP contribution in [0.2, 0.25) is 0 Å². The van der Waals surface area contributed by atoms with Crippen LogP contribution in [0.1, 0.15) is 11.3 Å². The van der Waals surface area contributed by atoms with Crippen molar-refractivity contribution < 1.29 is 14.1 Å². The molecule has 3 aromatic rings. The summed E-state index contributed by atoms with van der Waals surface area (Å²) in [7, 11) is 0. The summed E-state index contributed by atoms with van der Waals surface area (Å²) in [5.41, 5.74) is 3.21. The van der Waals surface area contributed by atoms with Gasteiger partial charge in [0.25, 0.3) is 11.6 Å². The number of carbonyl (C=O) groups is 1. The molecular formula is C25H22N4O4S. The van der Waals surface area contributed by atoms with Crippen LogP contribution < -0.4 is 4.90 Å². The van der Waals surface area contributed by atoms with E-state index in [0.717, 1.165) is 36.9 Å². The average molecular weight is 475 g/mol. The standard InChI is InChI=1S/C25H22N4O4S/c1-17-3-2-4-20(15-17)27-11-13-28(14-12-27)25-26-24(30)23(34-25)16-21-9-10-22(33-21)18-5-7-19(8-6-18)29(31)32/h2-10,15-16H,11-14H2,1H3/b23-16-. The lowest BCUT2D eigenvalue weighted by molar-refractivity contribution is -0.384. The minimum absolute atomic E-state index is 0.0231. The van der Waals surface area contributed by atoms with E-state index in [1.165, 1.54) is 35.1 Å². The molecule has 1 fully saturated rings. The maximum absolute atomic E-state index is 12.5. The summed E-state index contributed by atoms with van der Waals surface area (Å²) in [6.07, 6.45) is 1.70. The van der Waals surface area contributed by atoms with Gasteiger partial charge < -0.3 is 14.2 Å². The first-order chi connectivity index (χ1) is 16.5. The third-order valence-corrected chi connectivity index (χ3v) is 6.83. The fourth-order valence-electron chi connectivity index (χ4n) is 3.98.